The van der Waals surface area contributed by atoms with Gasteiger partial charge in [-0.2, -0.15) is 0 Å². The average Bonchev–Trinajstić information content (AvgIpc) is 2.51. The predicted molar refractivity (Wildman–Crippen MR) is 87.3 cm³/mol. The minimum atomic E-state index is -0.124. The lowest BCUT2D eigenvalue weighted by molar-refractivity contribution is 0.0986. The zero-order chi connectivity index (χ0) is 15.2. The molecule has 3 nitrogen and oxygen atoms in total. The van der Waals surface area contributed by atoms with Gasteiger partial charge in [-0.25, -0.2) is 4.98 Å². The Balaban J connectivity index is 2.31. The smallest absolute Gasteiger partial charge is 0.259 e. The van der Waals surface area contributed by atoms with Crippen molar-refractivity contribution in [3.63, 3.8) is 0 Å². The van der Waals surface area contributed by atoms with E-state index in [0.29, 0.717) is 12.1 Å². The summed E-state index contributed by atoms with van der Waals surface area (Å²) < 4.78 is 0. The number of rotatable bonds is 5. The standard InChI is InChI=1S/C16H16Cl2N2O/c1-2-3-9-20(13-7-5-4-6-8-13)16(21)12-10-14(17)15(18)19-11-12/h4-8,10-11H,2-3,9H2,1H3. The first-order valence-electron chi connectivity index (χ1n) is 6.81. The van der Waals surface area contributed by atoms with E-state index in [0.717, 1.165) is 18.5 Å². The summed E-state index contributed by atoms with van der Waals surface area (Å²) in [5.74, 6) is -0.124. The number of hydrogen-bond acceptors (Lipinski definition) is 2. The van der Waals surface area contributed by atoms with Crippen molar-refractivity contribution in [2.45, 2.75) is 19.8 Å². The number of anilines is 1. The van der Waals surface area contributed by atoms with Crippen LogP contribution in [0.15, 0.2) is 42.6 Å². The van der Waals surface area contributed by atoms with E-state index in [9.17, 15) is 4.79 Å². The maximum Gasteiger partial charge on any atom is 0.259 e. The van der Waals surface area contributed by atoms with Gasteiger partial charge in [0.1, 0.15) is 5.15 Å². The number of carbonyl (C=O) groups excluding carboxylic acids is 1. The van der Waals surface area contributed by atoms with Crippen molar-refractivity contribution in [3.05, 3.63) is 58.3 Å². The van der Waals surface area contributed by atoms with Crippen molar-refractivity contribution < 1.29 is 4.79 Å². The Kier molecular flexibility index (Phi) is 5.59. The predicted octanol–water partition coefficient (Wildman–Crippen LogP) is 4.84. The number of hydrogen-bond donors (Lipinski definition) is 0. The Labute approximate surface area is 134 Å². The Hall–Kier alpha value is -1.58. The third kappa shape index (κ3) is 3.96. The van der Waals surface area contributed by atoms with Gasteiger partial charge in [0.25, 0.3) is 5.91 Å². The lowest BCUT2D eigenvalue weighted by Crippen LogP contribution is -2.32. The van der Waals surface area contributed by atoms with Gasteiger partial charge in [-0.15, -0.1) is 0 Å². The molecule has 0 bridgehead atoms. The maximum absolute atomic E-state index is 12.7. The molecule has 5 heteroatoms. The van der Waals surface area contributed by atoms with Crippen LogP contribution >= 0.6 is 23.2 Å². The van der Waals surface area contributed by atoms with Crippen LogP contribution in [-0.4, -0.2) is 17.4 Å². The third-order valence-electron chi connectivity index (χ3n) is 3.09. The van der Waals surface area contributed by atoms with E-state index in [-0.39, 0.29) is 16.1 Å². The maximum atomic E-state index is 12.7. The van der Waals surface area contributed by atoms with Crippen molar-refractivity contribution in [1.29, 1.82) is 0 Å². The van der Waals surface area contributed by atoms with Gasteiger partial charge in [0, 0.05) is 18.4 Å². The molecule has 0 fully saturated rings. The van der Waals surface area contributed by atoms with Crippen molar-refractivity contribution >= 4 is 34.8 Å². The molecular formula is C16H16Cl2N2O. The number of unbranched alkanes of at least 4 members (excludes halogenated alkanes) is 1. The molecule has 0 saturated heterocycles. The van der Waals surface area contributed by atoms with Crippen LogP contribution in [0.1, 0.15) is 30.1 Å². The number of pyridine rings is 1. The van der Waals surface area contributed by atoms with Gasteiger partial charge in [0.2, 0.25) is 0 Å². The summed E-state index contributed by atoms with van der Waals surface area (Å²) in [6.45, 7) is 2.74. The molecule has 1 aromatic carbocycles. The van der Waals surface area contributed by atoms with E-state index < -0.39 is 0 Å². The topological polar surface area (TPSA) is 33.2 Å². The zero-order valence-corrected chi connectivity index (χ0v) is 13.2. The van der Waals surface area contributed by atoms with Crippen LogP contribution in [-0.2, 0) is 0 Å². The van der Waals surface area contributed by atoms with Gasteiger partial charge >= 0.3 is 0 Å². The number of halogens is 2. The van der Waals surface area contributed by atoms with Crippen LogP contribution in [0.5, 0.6) is 0 Å². The lowest BCUT2D eigenvalue weighted by atomic mass is 10.2. The Bertz CT molecular complexity index is 617. The molecule has 0 unspecified atom stereocenters. The van der Waals surface area contributed by atoms with Crippen molar-refractivity contribution in [2.24, 2.45) is 0 Å². The molecule has 0 spiro atoms. The van der Waals surface area contributed by atoms with E-state index in [4.69, 9.17) is 23.2 Å². The molecule has 2 aromatic rings. The molecule has 0 radical (unpaired) electrons. The first-order chi connectivity index (χ1) is 10.1. The minimum absolute atomic E-state index is 0.124. The lowest BCUT2D eigenvalue weighted by Gasteiger charge is -2.22. The van der Waals surface area contributed by atoms with Crippen molar-refractivity contribution in [3.8, 4) is 0 Å². The minimum Gasteiger partial charge on any atom is -0.308 e. The first-order valence-corrected chi connectivity index (χ1v) is 7.57. The Morgan fingerprint density at radius 1 is 1.24 bits per heavy atom. The number of para-hydroxylation sites is 1. The van der Waals surface area contributed by atoms with Crippen LogP contribution in [0, 0.1) is 0 Å². The molecule has 21 heavy (non-hydrogen) atoms. The quantitative estimate of drug-likeness (QED) is 0.738. The van der Waals surface area contributed by atoms with Crippen molar-refractivity contribution in [2.75, 3.05) is 11.4 Å². The van der Waals surface area contributed by atoms with E-state index in [2.05, 4.69) is 11.9 Å². The van der Waals surface area contributed by atoms with E-state index in [1.54, 1.807) is 11.0 Å². The molecule has 0 saturated carbocycles. The second-order valence-electron chi connectivity index (χ2n) is 4.64. The normalized spacial score (nSPS) is 10.4. The largest absolute Gasteiger partial charge is 0.308 e. The Morgan fingerprint density at radius 3 is 2.57 bits per heavy atom. The van der Waals surface area contributed by atoms with Gasteiger partial charge in [0.05, 0.1) is 10.6 Å². The highest BCUT2D eigenvalue weighted by Crippen LogP contribution is 2.23. The number of benzene rings is 1. The number of carbonyl (C=O) groups is 1. The molecule has 0 aliphatic carbocycles. The summed E-state index contributed by atoms with van der Waals surface area (Å²) in [7, 11) is 0. The molecule has 1 heterocycles. The highest BCUT2D eigenvalue weighted by Gasteiger charge is 2.18. The fraction of sp³-hybridized carbons (Fsp3) is 0.250. The van der Waals surface area contributed by atoms with E-state index >= 15 is 0 Å². The fourth-order valence-corrected chi connectivity index (χ4v) is 2.24. The number of aromatic nitrogens is 1. The summed E-state index contributed by atoms with van der Waals surface area (Å²) in [5, 5.41) is 0.485. The van der Waals surface area contributed by atoms with Gasteiger partial charge < -0.3 is 4.90 Å². The summed E-state index contributed by atoms with van der Waals surface area (Å²) in [5.41, 5.74) is 1.30. The van der Waals surface area contributed by atoms with Crippen LogP contribution in [0.25, 0.3) is 0 Å². The van der Waals surface area contributed by atoms with Gasteiger partial charge in [-0.1, -0.05) is 54.7 Å². The number of nitrogens with zero attached hydrogens (tertiary/aromatic N) is 2. The highest BCUT2D eigenvalue weighted by molar-refractivity contribution is 6.41. The molecule has 0 aliphatic heterocycles. The van der Waals surface area contributed by atoms with E-state index in [1.165, 1.54) is 6.20 Å². The van der Waals surface area contributed by atoms with Crippen LogP contribution < -0.4 is 4.90 Å². The van der Waals surface area contributed by atoms with Gasteiger partial charge in [-0.3, -0.25) is 4.79 Å². The highest BCUT2D eigenvalue weighted by atomic mass is 35.5. The fourth-order valence-electron chi connectivity index (χ4n) is 1.97. The molecule has 1 amide bonds. The average molecular weight is 323 g/mol. The molecule has 0 N–H and O–H groups in total. The monoisotopic (exact) mass is 322 g/mol. The van der Waals surface area contributed by atoms with Crippen LogP contribution in [0.4, 0.5) is 5.69 Å². The summed E-state index contributed by atoms with van der Waals surface area (Å²) in [4.78, 5) is 18.4. The van der Waals surface area contributed by atoms with Gasteiger partial charge in [-0.05, 0) is 24.6 Å². The summed E-state index contributed by atoms with van der Waals surface area (Å²) in [6.07, 6.45) is 3.39. The van der Waals surface area contributed by atoms with E-state index in [1.807, 2.05) is 30.3 Å². The SMILES string of the molecule is CCCCN(C(=O)c1cnc(Cl)c(Cl)c1)c1ccccc1. The summed E-state index contributed by atoms with van der Waals surface area (Å²) in [6, 6.07) is 11.1. The molecule has 110 valence electrons. The van der Waals surface area contributed by atoms with Crippen LogP contribution in [0.3, 0.4) is 0 Å². The molecule has 2 rings (SSSR count). The van der Waals surface area contributed by atoms with Crippen LogP contribution in [0.2, 0.25) is 10.2 Å². The molecule has 1 aromatic heterocycles. The second kappa shape index (κ2) is 7.43. The third-order valence-corrected chi connectivity index (χ3v) is 3.78. The second-order valence-corrected chi connectivity index (χ2v) is 5.41. The van der Waals surface area contributed by atoms with Crippen molar-refractivity contribution in [1.82, 2.24) is 4.98 Å². The summed E-state index contributed by atoms with van der Waals surface area (Å²) >= 11 is 11.7. The zero-order valence-electron chi connectivity index (χ0n) is 11.7. The Morgan fingerprint density at radius 2 is 1.95 bits per heavy atom. The first kappa shape index (κ1) is 15.8. The number of amides is 1. The molecule has 0 atom stereocenters. The molecule has 0 aliphatic rings. The van der Waals surface area contributed by atoms with Gasteiger partial charge in [0.15, 0.2) is 0 Å². The molecular weight excluding hydrogens is 307 g/mol.